The Labute approximate surface area is 129 Å². The predicted molar refractivity (Wildman–Crippen MR) is 81.6 cm³/mol. The van der Waals surface area contributed by atoms with E-state index in [9.17, 15) is 18.7 Å². The summed E-state index contributed by atoms with van der Waals surface area (Å²) in [4.78, 5) is 10.3. The molecular weight excluding hydrogens is 309 g/mol. The first-order chi connectivity index (χ1) is 10.5. The number of nitro groups is 1. The summed E-state index contributed by atoms with van der Waals surface area (Å²) in [7, 11) is 0.0267. The Morgan fingerprint density at radius 1 is 1.18 bits per heavy atom. The van der Waals surface area contributed by atoms with E-state index in [4.69, 9.17) is 4.74 Å². The Hall–Kier alpha value is -2.28. The fourth-order valence-electron chi connectivity index (χ4n) is 2.00. The smallest absolute Gasteiger partial charge is 0.270 e. The summed E-state index contributed by atoms with van der Waals surface area (Å²) >= 11 is 0. The van der Waals surface area contributed by atoms with Gasteiger partial charge in [0.05, 0.1) is 23.5 Å². The van der Waals surface area contributed by atoms with E-state index in [2.05, 4.69) is 0 Å². The van der Waals surface area contributed by atoms with Gasteiger partial charge in [-0.05, 0) is 12.1 Å². The van der Waals surface area contributed by atoms with E-state index in [1.807, 2.05) is 0 Å². The van der Waals surface area contributed by atoms with E-state index in [0.717, 1.165) is 0 Å². The summed E-state index contributed by atoms with van der Waals surface area (Å²) in [6, 6.07) is 10.2. The normalized spacial score (nSPS) is 11.9. The first-order valence-electron chi connectivity index (χ1n) is 6.41. The molecule has 0 N–H and O–H groups in total. The van der Waals surface area contributed by atoms with Gasteiger partial charge in [0, 0.05) is 34.1 Å². The summed E-state index contributed by atoms with van der Waals surface area (Å²) in [5.74, 6) is 0.104. The number of hydrogen-bond donors (Lipinski definition) is 0. The molecule has 2 aromatic carbocycles. The molecule has 0 saturated heterocycles. The molecule has 7 heteroatoms. The zero-order valence-corrected chi connectivity index (χ0v) is 12.6. The third kappa shape index (κ3) is 3.88. The molecule has 2 aromatic rings. The van der Waals surface area contributed by atoms with Gasteiger partial charge in [0.2, 0.25) is 0 Å². The topological polar surface area (TPSA) is 69.4 Å². The lowest BCUT2D eigenvalue weighted by Crippen LogP contribution is -2.03. The van der Waals surface area contributed by atoms with Gasteiger partial charge >= 0.3 is 0 Å². The Bertz CT molecular complexity index is 720. The minimum Gasteiger partial charge on any atom is -0.496 e. The van der Waals surface area contributed by atoms with Gasteiger partial charge in [0.1, 0.15) is 11.6 Å². The molecule has 0 heterocycles. The maximum absolute atomic E-state index is 13.6. The number of hydrogen-bond acceptors (Lipinski definition) is 4. The van der Waals surface area contributed by atoms with Crippen molar-refractivity contribution in [2.75, 3.05) is 7.11 Å². The second-order valence-electron chi connectivity index (χ2n) is 4.57. The zero-order valence-electron chi connectivity index (χ0n) is 11.8. The molecule has 0 aromatic heterocycles. The summed E-state index contributed by atoms with van der Waals surface area (Å²) < 4.78 is 30.9. The van der Waals surface area contributed by atoms with Crippen LogP contribution in [0, 0.1) is 15.9 Å². The van der Waals surface area contributed by atoms with Crippen LogP contribution in [0.3, 0.4) is 0 Å². The first kappa shape index (κ1) is 16.1. The van der Waals surface area contributed by atoms with E-state index >= 15 is 0 Å². The average molecular weight is 323 g/mol. The van der Waals surface area contributed by atoms with Crippen LogP contribution in [0.25, 0.3) is 0 Å². The van der Waals surface area contributed by atoms with Gasteiger partial charge in [-0.1, -0.05) is 18.2 Å². The molecule has 2 rings (SSSR count). The quantitative estimate of drug-likeness (QED) is 0.605. The largest absolute Gasteiger partial charge is 0.496 e. The van der Waals surface area contributed by atoms with Crippen LogP contribution in [-0.2, 0) is 22.3 Å². The third-order valence-electron chi connectivity index (χ3n) is 3.07. The SMILES string of the molecule is COc1ccc([N+](=O)[O-])cc1CS(=O)Cc1ccccc1F. The summed E-state index contributed by atoms with van der Waals surface area (Å²) in [5, 5.41) is 10.8. The number of halogens is 1. The lowest BCUT2D eigenvalue weighted by atomic mass is 10.2. The molecule has 116 valence electrons. The predicted octanol–water partition coefficient (Wildman–Crippen LogP) is 3.19. The standard InChI is InChI=1S/C15H14FNO4S/c1-21-15-7-6-13(17(18)19)8-12(15)10-22(20)9-11-4-2-3-5-14(11)16/h2-8H,9-10H2,1H3. The highest BCUT2D eigenvalue weighted by molar-refractivity contribution is 7.83. The van der Waals surface area contributed by atoms with Gasteiger partial charge < -0.3 is 4.74 Å². The van der Waals surface area contributed by atoms with Crippen LogP contribution >= 0.6 is 0 Å². The van der Waals surface area contributed by atoms with Crippen molar-refractivity contribution in [2.24, 2.45) is 0 Å². The van der Waals surface area contributed by atoms with E-state index in [1.54, 1.807) is 18.2 Å². The molecule has 5 nitrogen and oxygen atoms in total. The Morgan fingerprint density at radius 3 is 2.50 bits per heavy atom. The Kier molecular flexibility index (Phi) is 5.21. The minimum atomic E-state index is -1.41. The van der Waals surface area contributed by atoms with E-state index in [-0.39, 0.29) is 17.2 Å². The molecule has 0 saturated carbocycles. The highest BCUT2D eigenvalue weighted by Gasteiger charge is 2.15. The molecule has 0 spiro atoms. The van der Waals surface area contributed by atoms with E-state index in [0.29, 0.717) is 16.9 Å². The fraction of sp³-hybridized carbons (Fsp3) is 0.200. The molecule has 0 bridgehead atoms. The van der Waals surface area contributed by atoms with Crippen LogP contribution in [0.15, 0.2) is 42.5 Å². The van der Waals surface area contributed by atoms with Crippen LogP contribution in [0.4, 0.5) is 10.1 Å². The van der Waals surface area contributed by atoms with Crippen molar-refractivity contribution >= 4 is 16.5 Å². The average Bonchev–Trinajstić information content (AvgIpc) is 2.49. The second-order valence-corrected chi connectivity index (χ2v) is 6.03. The third-order valence-corrected chi connectivity index (χ3v) is 4.33. The maximum Gasteiger partial charge on any atom is 0.270 e. The van der Waals surface area contributed by atoms with Crippen molar-refractivity contribution in [3.63, 3.8) is 0 Å². The van der Waals surface area contributed by atoms with Gasteiger partial charge in [0.25, 0.3) is 5.69 Å². The number of non-ortho nitro benzene ring substituents is 1. The number of nitro benzene ring substituents is 1. The molecule has 0 aliphatic heterocycles. The van der Waals surface area contributed by atoms with Crippen LogP contribution in [0.1, 0.15) is 11.1 Å². The number of methoxy groups -OCH3 is 1. The highest BCUT2D eigenvalue weighted by Crippen LogP contribution is 2.26. The van der Waals surface area contributed by atoms with Crippen LogP contribution in [0.2, 0.25) is 0 Å². The molecule has 22 heavy (non-hydrogen) atoms. The van der Waals surface area contributed by atoms with Crippen LogP contribution in [0.5, 0.6) is 5.75 Å². The first-order valence-corrected chi connectivity index (χ1v) is 7.89. The van der Waals surface area contributed by atoms with Gasteiger partial charge in [0.15, 0.2) is 0 Å². The Balaban J connectivity index is 2.19. The van der Waals surface area contributed by atoms with Gasteiger partial charge in [-0.3, -0.25) is 14.3 Å². The van der Waals surface area contributed by atoms with Crippen molar-refractivity contribution in [1.82, 2.24) is 0 Å². The van der Waals surface area contributed by atoms with Crippen molar-refractivity contribution < 1.29 is 18.3 Å². The van der Waals surface area contributed by atoms with Gasteiger partial charge in [-0.15, -0.1) is 0 Å². The van der Waals surface area contributed by atoms with E-state index < -0.39 is 21.5 Å². The van der Waals surface area contributed by atoms with Crippen molar-refractivity contribution in [3.8, 4) is 5.75 Å². The lowest BCUT2D eigenvalue weighted by Gasteiger charge is -2.08. The van der Waals surface area contributed by atoms with Crippen molar-refractivity contribution in [3.05, 3.63) is 69.5 Å². The number of ether oxygens (including phenoxy) is 1. The molecule has 1 atom stereocenters. The summed E-state index contributed by atoms with van der Waals surface area (Å²) in [6.07, 6.45) is 0. The lowest BCUT2D eigenvalue weighted by molar-refractivity contribution is -0.384. The maximum atomic E-state index is 13.6. The van der Waals surface area contributed by atoms with E-state index in [1.165, 1.54) is 31.4 Å². The number of nitrogens with zero attached hydrogens (tertiary/aromatic N) is 1. The molecule has 0 fully saturated rings. The highest BCUT2D eigenvalue weighted by atomic mass is 32.2. The minimum absolute atomic E-state index is 0.0402. The second kappa shape index (κ2) is 7.13. The van der Waals surface area contributed by atoms with Crippen molar-refractivity contribution in [2.45, 2.75) is 11.5 Å². The molecule has 0 aliphatic rings. The molecule has 0 radical (unpaired) electrons. The summed E-state index contributed by atoms with van der Waals surface area (Å²) in [5.41, 5.74) is 0.718. The molecule has 0 amide bonds. The number of benzene rings is 2. The van der Waals surface area contributed by atoms with Gasteiger partial charge in [-0.2, -0.15) is 0 Å². The number of rotatable bonds is 6. The Morgan fingerprint density at radius 2 is 1.86 bits per heavy atom. The molecule has 1 unspecified atom stereocenters. The van der Waals surface area contributed by atoms with Gasteiger partial charge in [-0.25, -0.2) is 4.39 Å². The van der Waals surface area contributed by atoms with Crippen LogP contribution < -0.4 is 4.74 Å². The molecule has 0 aliphatic carbocycles. The molecular formula is C15H14FNO4S. The van der Waals surface area contributed by atoms with Crippen molar-refractivity contribution in [1.29, 1.82) is 0 Å². The summed E-state index contributed by atoms with van der Waals surface area (Å²) in [6.45, 7) is 0. The monoisotopic (exact) mass is 323 g/mol. The fourth-order valence-corrected chi connectivity index (χ4v) is 3.26. The zero-order chi connectivity index (χ0) is 16.1. The van der Waals surface area contributed by atoms with Crippen LogP contribution in [-0.4, -0.2) is 16.2 Å².